The SMILES string of the molecule is CCCC#CC#CC#CCCCCCCCCC(=O)O. The van der Waals surface area contributed by atoms with Crippen molar-refractivity contribution in [1.82, 2.24) is 0 Å². The van der Waals surface area contributed by atoms with Crippen LogP contribution in [0.25, 0.3) is 0 Å². The van der Waals surface area contributed by atoms with E-state index in [0.29, 0.717) is 6.42 Å². The zero-order chi connectivity index (χ0) is 14.9. The highest BCUT2D eigenvalue weighted by molar-refractivity contribution is 5.66. The van der Waals surface area contributed by atoms with E-state index in [1.54, 1.807) is 0 Å². The molecule has 0 aromatic heterocycles. The third-order valence-electron chi connectivity index (χ3n) is 2.68. The highest BCUT2D eigenvalue weighted by atomic mass is 16.4. The van der Waals surface area contributed by atoms with Crippen LogP contribution in [0.3, 0.4) is 0 Å². The molecular weight excluding hydrogens is 248 g/mol. The van der Waals surface area contributed by atoms with Crippen LogP contribution in [0.1, 0.15) is 71.1 Å². The average molecular weight is 272 g/mol. The van der Waals surface area contributed by atoms with E-state index < -0.39 is 5.97 Å². The van der Waals surface area contributed by atoms with Crippen LogP contribution in [0.5, 0.6) is 0 Å². The summed E-state index contributed by atoms with van der Waals surface area (Å²) in [4.78, 5) is 10.3. The minimum absolute atomic E-state index is 0.297. The molecule has 108 valence electrons. The van der Waals surface area contributed by atoms with Gasteiger partial charge in [-0.25, -0.2) is 0 Å². The molecule has 0 spiro atoms. The topological polar surface area (TPSA) is 37.3 Å². The fourth-order valence-electron chi connectivity index (χ4n) is 1.60. The average Bonchev–Trinajstić information content (AvgIpc) is 2.43. The summed E-state index contributed by atoms with van der Waals surface area (Å²) >= 11 is 0. The van der Waals surface area contributed by atoms with Gasteiger partial charge in [0.05, 0.1) is 0 Å². The number of rotatable bonds is 9. The van der Waals surface area contributed by atoms with Crippen molar-refractivity contribution in [2.75, 3.05) is 0 Å². The summed E-state index contributed by atoms with van der Waals surface area (Å²) in [7, 11) is 0. The van der Waals surface area contributed by atoms with Gasteiger partial charge in [-0.1, -0.05) is 44.4 Å². The van der Waals surface area contributed by atoms with Crippen molar-refractivity contribution in [3.8, 4) is 35.5 Å². The van der Waals surface area contributed by atoms with Crippen LogP contribution in [0.15, 0.2) is 0 Å². The Labute approximate surface area is 123 Å². The van der Waals surface area contributed by atoms with Crippen LogP contribution in [-0.4, -0.2) is 11.1 Å². The number of carbonyl (C=O) groups is 1. The lowest BCUT2D eigenvalue weighted by Gasteiger charge is -1.98. The molecule has 0 aliphatic heterocycles. The highest BCUT2D eigenvalue weighted by Gasteiger charge is 1.95. The zero-order valence-corrected chi connectivity index (χ0v) is 12.4. The number of unbranched alkanes of at least 4 members (excludes halogenated alkanes) is 7. The molecule has 0 heterocycles. The standard InChI is InChI=1S/C18H24O2/c1-2-3-4-5-6-7-8-9-10-11-12-13-14-15-16-17-18(19)20/h2-3,10-17H2,1H3,(H,19,20). The first-order valence-corrected chi connectivity index (χ1v) is 7.45. The number of hydrogen-bond donors (Lipinski definition) is 1. The van der Waals surface area contributed by atoms with E-state index in [1.807, 2.05) is 0 Å². The van der Waals surface area contributed by atoms with Crippen LogP contribution in [0.2, 0.25) is 0 Å². The van der Waals surface area contributed by atoms with Gasteiger partial charge in [-0.05, 0) is 42.9 Å². The summed E-state index contributed by atoms with van der Waals surface area (Å²) in [5.74, 6) is 16.3. The summed E-state index contributed by atoms with van der Waals surface area (Å²) in [6.07, 6.45) is 9.48. The molecule has 0 saturated heterocycles. The molecule has 0 atom stereocenters. The lowest BCUT2D eigenvalue weighted by atomic mass is 10.1. The maximum atomic E-state index is 10.3. The minimum atomic E-state index is -0.694. The molecule has 0 unspecified atom stereocenters. The van der Waals surface area contributed by atoms with Gasteiger partial charge in [0.25, 0.3) is 0 Å². The van der Waals surface area contributed by atoms with E-state index in [4.69, 9.17) is 5.11 Å². The second kappa shape index (κ2) is 15.2. The van der Waals surface area contributed by atoms with E-state index in [2.05, 4.69) is 42.4 Å². The Kier molecular flexibility index (Phi) is 13.8. The highest BCUT2D eigenvalue weighted by Crippen LogP contribution is 2.08. The van der Waals surface area contributed by atoms with Crippen molar-refractivity contribution < 1.29 is 9.90 Å². The molecule has 0 aromatic carbocycles. The molecule has 0 bridgehead atoms. The number of hydrogen-bond acceptors (Lipinski definition) is 1. The summed E-state index contributed by atoms with van der Waals surface area (Å²) in [5, 5.41) is 8.48. The first kappa shape index (κ1) is 18.1. The molecule has 0 rings (SSSR count). The summed E-state index contributed by atoms with van der Waals surface area (Å²) in [6.45, 7) is 2.09. The van der Waals surface area contributed by atoms with Gasteiger partial charge in [0.15, 0.2) is 0 Å². The third kappa shape index (κ3) is 16.1. The lowest BCUT2D eigenvalue weighted by molar-refractivity contribution is -0.137. The smallest absolute Gasteiger partial charge is 0.303 e. The Morgan fingerprint density at radius 3 is 1.95 bits per heavy atom. The zero-order valence-electron chi connectivity index (χ0n) is 12.4. The monoisotopic (exact) mass is 272 g/mol. The molecule has 2 nitrogen and oxygen atoms in total. The Balaban J connectivity index is 3.37. The first-order chi connectivity index (χ1) is 9.77. The fourth-order valence-corrected chi connectivity index (χ4v) is 1.60. The third-order valence-corrected chi connectivity index (χ3v) is 2.68. The van der Waals surface area contributed by atoms with E-state index in [1.165, 1.54) is 0 Å². The molecule has 0 fully saturated rings. The van der Waals surface area contributed by atoms with Crippen LogP contribution >= 0.6 is 0 Å². The van der Waals surface area contributed by atoms with E-state index in [-0.39, 0.29) is 0 Å². The molecule has 1 N–H and O–H groups in total. The number of carboxylic acids is 1. The van der Waals surface area contributed by atoms with Gasteiger partial charge in [0.1, 0.15) is 0 Å². The van der Waals surface area contributed by atoms with E-state index in [0.717, 1.165) is 57.8 Å². The van der Waals surface area contributed by atoms with Crippen LogP contribution in [0, 0.1) is 35.5 Å². The Morgan fingerprint density at radius 1 is 0.800 bits per heavy atom. The molecular formula is C18H24O2. The normalized spacial score (nSPS) is 8.45. The number of carboxylic acid groups (broad SMARTS) is 1. The van der Waals surface area contributed by atoms with Crippen molar-refractivity contribution in [2.45, 2.75) is 71.1 Å². The predicted octanol–water partition coefficient (Wildman–Crippen LogP) is 4.00. The quantitative estimate of drug-likeness (QED) is 0.509. The lowest BCUT2D eigenvalue weighted by Crippen LogP contribution is -1.93. The Bertz CT molecular complexity index is 429. The molecule has 0 radical (unpaired) electrons. The van der Waals surface area contributed by atoms with Gasteiger partial charge >= 0.3 is 5.97 Å². The second-order valence-corrected chi connectivity index (χ2v) is 4.62. The maximum Gasteiger partial charge on any atom is 0.303 e. The van der Waals surface area contributed by atoms with Gasteiger partial charge in [-0.3, -0.25) is 4.79 Å². The van der Waals surface area contributed by atoms with Gasteiger partial charge in [0.2, 0.25) is 0 Å². The van der Waals surface area contributed by atoms with Gasteiger partial charge < -0.3 is 5.11 Å². The molecule has 0 amide bonds. The summed E-state index contributed by atoms with van der Waals surface area (Å²) < 4.78 is 0. The second-order valence-electron chi connectivity index (χ2n) is 4.62. The van der Waals surface area contributed by atoms with Crippen LogP contribution in [0.4, 0.5) is 0 Å². The molecule has 0 saturated carbocycles. The van der Waals surface area contributed by atoms with Gasteiger partial charge in [-0.2, -0.15) is 0 Å². The van der Waals surface area contributed by atoms with Crippen LogP contribution < -0.4 is 0 Å². The van der Waals surface area contributed by atoms with Crippen LogP contribution in [-0.2, 0) is 4.79 Å². The van der Waals surface area contributed by atoms with Gasteiger partial charge in [0, 0.05) is 19.3 Å². The van der Waals surface area contributed by atoms with Crippen molar-refractivity contribution >= 4 is 5.97 Å². The maximum absolute atomic E-state index is 10.3. The largest absolute Gasteiger partial charge is 0.481 e. The molecule has 0 aliphatic carbocycles. The molecule has 2 heteroatoms. The Morgan fingerprint density at radius 2 is 1.35 bits per heavy atom. The Hall–Kier alpha value is -1.85. The first-order valence-electron chi connectivity index (χ1n) is 7.45. The van der Waals surface area contributed by atoms with E-state index in [9.17, 15) is 4.79 Å². The van der Waals surface area contributed by atoms with Gasteiger partial charge in [-0.15, -0.1) is 0 Å². The number of aliphatic carboxylic acids is 1. The molecule has 0 aromatic rings. The molecule has 20 heavy (non-hydrogen) atoms. The predicted molar refractivity (Wildman–Crippen MR) is 82.8 cm³/mol. The van der Waals surface area contributed by atoms with Crippen molar-refractivity contribution in [3.63, 3.8) is 0 Å². The van der Waals surface area contributed by atoms with Crippen molar-refractivity contribution in [3.05, 3.63) is 0 Å². The fraction of sp³-hybridized carbons (Fsp3) is 0.611. The summed E-state index contributed by atoms with van der Waals surface area (Å²) in [6, 6.07) is 0. The van der Waals surface area contributed by atoms with E-state index >= 15 is 0 Å². The summed E-state index contributed by atoms with van der Waals surface area (Å²) in [5.41, 5.74) is 0. The van der Waals surface area contributed by atoms with Crippen molar-refractivity contribution in [1.29, 1.82) is 0 Å². The van der Waals surface area contributed by atoms with Crippen molar-refractivity contribution in [2.24, 2.45) is 0 Å². The molecule has 0 aliphatic rings. The minimum Gasteiger partial charge on any atom is -0.481 e.